The van der Waals surface area contributed by atoms with Gasteiger partial charge in [-0.25, -0.2) is 4.79 Å². The highest BCUT2D eigenvalue weighted by molar-refractivity contribution is 6.31. The third-order valence-electron chi connectivity index (χ3n) is 2.76. The van der Waals surface area contributed by atoms with Crippen LogP contribution in [0.25, 0.3) is 0 Å². The second kappa shape index (κ2) is 6.85. The molecule has 0 heterocycles. The van der Waals surface area contributed by atoms with Crippen molar-refractivity contribution in [1.29, 1.82) is 0 Å². The number of benzene rings is 2. The maximum Gasteiger partial charge on any atom is 0.323 e. The van der Waals surface area contributed by atoms with Crippen LogP contribution in [0.15, 0.2) is 42.5 Å². The summed E-state index contributed by atoms with van der Waals surface area (Å²) >= 11 is 5.92. The molecule has 5 nitrogen and oxygen atoms in total. The van der Waals surface area contributed by atoms with Crippen molar-refractivity contribution in [2.45, 2.75) is 0 Å². The maximum atomic E-state index is 12.1. The van der Waals surface area contributed by atoms with Gasteiger partial charge in [0.05, 0.1) is 25.6 Å². The fraction of sp³-hybridized carbons (Fsp3) is 0.133. The molecule has 0 aliphatic heterocycles. The Labute approximate surface area is 127 Å². The van der Waals surface area contributed by atoms with Crippen molar-refractivity contribution >= 4 is 29.0 Å². The molecule has 2 amide bonds. The Morgan fingerprint density at radius 1 is 0.952 bits per heavy atom. The number of nitrogens with one attached hydrogen (secondary N) is 2. The van der Waals surface area contributed by atoms with E-state index in [4.69, 9.17) is 21.1 Å². The van der Waals surface area contributed by atoms with Crippen molar-refractivity contribution in [1.82, 2.24) is 0 Å². The molecule has 2 N–H and O–H groups in total. The first-order chi connectivity index (χ1) is 10.1. The molecule has 0 radical (unpaired) electrons. The van der Waals surface area contributed by atoms with Gasteiger partial charge >= 0.3 is 6.03 Å². The Balaban J connectivity index is 2.13. The van der Waals surface area contributed by atoms with Crippen LogP contribution in [0.4, 0.5) is 16.2 Å². The molecule has 0 unspecified atom stereocenters. The standard InChI is InChI=1S/C15H15ClN2O3/c1-20-13-6-4-3-5-11(13)17-15(19)18-12-9-10(16)7-8-14(12)21-2/h3-9H,1-2H3,(H2,17,18,19). The lowest BCUT2D eigenvalue weighted by molar-refractivity contribution is 0.262. The molecule has 0 aliphatic rings. The molecule has 0 fully saturated rings. The molecule has 0 aromatic heterocycles. The number of hydrogen-bond acceptors (Lipinski definition) is 3. The van der Waals surface area contributed by atoms with E-state index in [1.807, 2.05) is 6.07 Å². The number of methoxy groups -OCH3 is 2. The molecule has 2 rings (SSSR count). The Kier molecular flexibility index (Phi) is 4.90. The molecule has 0 saturated carbocycles. The summed E-state index contributed by atoms with van der Waals surface area (Å²) in [5, 5.41) is 5.90. The normalized spacial score (nSPS) is 9.86. The van der Waals surface area contributed by atoms with E-state index in [1.165, 1.54) is 7.11 Å². The van der Waals surface area contributed by atoms with Crippen LogP contribution < -0.4 is 20.1 Å². The van der Waals surface area contributed by atoms with E-state index in [2.05, 4.69) is 10.6 Å². The highest BCUT2D eigenvalue weighted by atomic mass is 35.5. The van der Waals surface area contributed by atoms with Gasteiger partial charge in [0.15, 0.2) is 0 Å². The molecule has 6 heteroatoms. The zero-order valence-electron chi connectivity index (χ0n) is 11.6. The third-order valence-corrected chi connectivity index (χ3v) is 3.00. The minimum atomic E-state index is -0.417. The number of para-hydroxylation sites is 2. The van der Waals surface area contributed by atoms with Crippen LogP contribution in [-0.2, 0) is 0 Å². The van der Waals surface area contributed by atoms with Crippen molar-refractivity contribution in [2.24, 2.45) is 0 Å². The highest BCUT2D eigenvalue weighted by Crippen LogP contribution is 2.28. The van der Waals surface area contributed by atoms with Crippen LogP contribution in [0.5, 0.6) is 11.5 Å². The second-order valence-electron chi connectivity index (χ2n) is 4.12. The maximum absolute atomic E-state index is 12.1. The fourth-order valence-corrected chi connectivity index (χ4v) is 1.97. The Morgan fingerprint density at radius 2 is 1.57 bits per heavy atom. The number of halogens is 1. The third kappa shape index (κ3) is 3.79. The van der Waals surface area contributed by atoms with Gasteiger partial charge in [-0.05, 0) is 30.3 Å². The number of amides is 2. The van der Waals surface area contributed by atoms with E-state index < -0.39 is 6.03 Å². The monoisotopic (exact) mass is 306 g/mol. The van der Waals surface area contributed by atoms with E-state index in [0.717, 1.165) is 0 Å². The lowest BCUT2D eigenvalue weighted by Gasteiger charge is -2.13. The molecule has 21 heavy (non-hydrogen) atoms. The van der Waals surface area contributed by atoms with E-state index in [0.29, 0.717) is 27.9 Å². The number of ether oxygens (including phenoxy) is 2. The highest BCUT2D eigenvalue weighted by Gasteiger charge is 2.10. The zero-order chi connectivity index (χ0) is 15.2. The average Bonchev–Trinajstić information content (AvgIpc) is 2.48. The summed E-state index contributed by atoms with van der Waals surface area (Å²) in [4.78, 5) is 12.1. The fourth-order valence-electron chi connectivity index (χ4n) is 1.80. The van der Waals surface area contributed by atoms with Gasteiger partial charge in [-0.3, -0.25) is 0 Å². The Morgan fingerprint density at radius 3 is 2.29 bits per heavy atom. The second-order valence-corrected chi connectivity index (χ2v) is 4.56. The van der Waals surface area contributed by atoms with Gasteiger partial charge in [-0.15, -0.1) is 0 Å². The molecular weight excluding hydrogens is 292 g/mol. The lowest BCUT2D eigenvalue weighted by atomic mass is 10.3. The number of rotatable bonds is 4. The van der Waals surface area contributed by atoms with Gasteiger partial charge in [0.2, 0.25) is 0 Å². The first-order valence-electron chi connectivity index (χ1n) is 6.18. The molecule has 2 aromatic rings. The Bertz CT molecular complexity index is 647. The molecular formula is C15H15ClN2O3. The van der Waals surface area contributed by atoms with Crippen LogP contribution in [0, 0.1) is 0 Å². The largest absolute Gasteiger partial charge is 0.495 e. The summed E-state index contributed by atoms with van der Waals surface area (Å²) < 4.78 is 10.3. The Hall–Kier alpha value is -2.40. The van der Waals surface area contributed by atoms with Gasteiger partial charge < -0.3 is 20.1 Å². The number of hydrogen-bond donors (Lipinski definition) is 2. The minimum Gasteiger partial charge on any atom is -0.495 e. The molecule has 0 aliphatic carbocycles. The smallest absolute Gasteiger partial charge is 0.323 e. The molecule has 0 atom stereocenters. The van der Waals surface area contributed by atoms with Crippen LogP contribution in [0.3, 0.4) is 0 Å². The summed E-state index contributed by atoms with van der Waals surface area (Å²) in [6.07, 6.45) is 0. The van der Waals surface area contributed by atoms with Crippen LogP contribution in [0.1, 0.15) is 0 Å². The lowest BCUT2D eigenvalue weighted by Crippen LogP contribution is -2.20. The summed E-state index contributed by atoms with van der Waals surface area (Å²) in [6.45, 7) is 0. The van der Waals surface area contributed by atoms with E-state index in [1.54, 1.807) is 43.5 Å². The first kappa shape index (κ1) is 15.0. The quantitative estimate of drug-likeness (QED) is 0.897. The zero-order valence-corrected chi connectivity index (χ0v) is 12.4. The van der Waals surface area contributed by atoms with Crippen molar-refractivity contribution in [2.75, 3.05) is 24.9 Å². The van der Waals surface area contributed by atoms with E-state index in [9.17, 15) is 4.79 Å². The van der Waals surface area contributed by atoms with Gasteiger partial charge in [0, 0.05) is 5.02 Å². The van der Waals surface area contributed by atoms with Crippen LogP contribution in [-0.4, -0.2) is 20.3 Å². The number of carbonyl (C=O) groups is 1. The van der Waals surface area contributed by atoms with Gasteiger partial charge in [0.1, 0.15) is 11.5 Å². The summed E-state index contributed by atoms with van der Waals surface area (Å²) in [6, 6.07) is 11.7. The minimum absolute atomic E-state index is 0.417. The molecule has 110 valence electrons. The molecule has 0 saturated heterocycles. The predicted octanol–water partition coefficient (Wildman–Crippen LogP) is 4.00. The van der Waals surface area contributed by atoms with Gasteiger partial charge in [-0.1, -0.05) is 23.7 Å². The van der Waals surface area contributed by atoms with E-state index in [-0.39, 0.29) is 0 Å². The SMILES string of the molecule is COc1ccccc1NC(=O)Nc1cc(Cl)ccc1OC. The molecule has 0 spiro atoms. The van der Waals surface area contributed by atoms with Crippen molar-refractivity contribution in [3.8, 4) is 11.5 Å². The predicted molar refractivity (Wildman–Crippen MR) is 83.6 cm³/mol. The van der Waals surface area contributed by atoms with Crippen LogP contribution in [0.2, 0.25) is 5.02 Å². The summed E-state index contributed by atoms with van der Waals surface area (Å²) in [7, 11) is 3.06. The number of urea groups is 1. The van der Waals surface area contributed by atoms with Crippen molar-refractivity contribution in [3.63, 3.8) is 0 Å². The van der Waals surface area contributed by atoms with Crippen LogP contribution >= 0.6 is 11.6 Å². The molecule has 2 aromatic carbocycles. The number of anilines is 2. The van der Waals surface area contributed by atoms with Gasteiger partial charge in [-0.2, -0.15) is 0 Å². The van der Waals surface area contributed by atoms with Gasteiger partial charge in [0.25, 0.3) is 0 Å². The van der Waals surface area contributed by atoms with E-state index >= 15 is 0 Å². The van der Waals surface area contributed by atoms with Crippen molar-refractivity contribution in [3.05, 3.63) is 47.5 Å². The molecule has 0 bridgehead atoms. The first-order valence-corrected chi connectivity index (χ1v) is 6.56. The summed E-state index contributed by atoms with van der Waals surface area (Å²) in [5.41, 5.74) is 1.05. The average molecular weight is 307 g/mol. The summed E-state index contributed by atoms with van der Waals surface area (Å²) in [5.74, 6) is 1.10. The topological polar surface area (TPSA) is 59.6 Å². The number of carbonyl (C=O) groups excluding carboxylic acids is 1. The van der Waals surface area contributed by atoms with Crippen molar-refractivity contribution < 1.29 is 14.3 Å².